The Bertz CT molecular complexity index is 412. The van der Waals surface area contributed by atoms with Crippen LogP contribution in [0.15, 0.2) is 4.52 Å². The van der Waals surface area contributed by atoms with Gasteiger partial charge in [-0.2, -0.15) is 4.98 Å². The number of nitrogens with zero attached hydrogens (tertiary/aromatic N) is 2. The third-order valence-corrected chi connectivity index (χ3v) is 3.57. The Hall–Kier alpha value is -1.43. The van der Waals surface area contributed by atoms with Gasteiger partial charge in [0.1, 0.15) is 5.60 Å². The van der Waals surface area contributed by atoms with Crippen LogP contribution in [0.4, 0.5) is 0 Å². The maximum absolute atomic E-state index is 10.9. The molecule has 1 aromatic heterocycles. The van der Waals surface area contributed by atoms with Crippen LogP contribution in [-0.2, 0) is 15.1 Å². The van der Waals surface area contributed by atoms with Crippen LogP contribution in [0, 0.1) is 5.92 Å². The minimum Gasteiger partial charge on any atom is -0.481 e. The summed E-state index contributed by atoms with van der Waals surface area (Å²) in [4.78, 5) is 15.2. The Morgan fingerprint density at radius 3 is 2.61 bits per heavy atom. The van der Waals surface area contributed by atoms with Gasteiger partial charge in [-0.3, -0.25) is 4.79 Å². The molecule has 3 atom stereocenters. The molecule has 6 nitrogen and oxygen atoms in total. The van der Waals surface area contributed by atoms with Gasteiger partial charge in [-0.05, 0) is 13.3 Å². The molecule has 0 aliphatic carbocycles. The molecule has 0 aliphatic heterocycles. The molecule has 1 heterocycles. The fourth-order valence-electron chi connectivity index (χ4n) is 1.46. The summed E-state index contributed by atoms with van der Waals surface area (Å²) >= 11 is 0. The van der Waals surface area contributed by atoms with E-state index in [0.29, 0.717) is 18.1 Å². The number of hydrogen-bond donors (Lipinski definition) is 1. The van der Waals surface area contributed by atoms with Crippen molar-refractivity contribution in [3.63, 3.8) is 0 Å². The molecule has 0 aromatic carbocycles. The number of carboxylic acids is 1. The lowest BCUT2D eigenvalue weighted by molar-refractivity contribution is -0.141. The third kappa shape index (κ3) is 2.69. The van der Waals surface area contributed by atoms with Gasteiger partial charge in [0.15, 0.2) is 0 Å². The average Bonchev–Trinajstić information content (AvgIpc) is 2.85. The second kappa shape index (κ2) is 5.48. The lowest BCUT2D eigenvalue weighted by Crippen LogP contribution is -2.25. The summed E-state index contributed by atoms with van der Waals surface area (Å²) in [5.41, 5.74) is -0.603. The SMILES string of the molecule is CCC(C)(OC)c1noc(C(C)C(C)C(=O)O)n1. The Labute approximate surface area is 106 Å². The molecule has 102 valence electrons. The summed E-state index contributed by atoms with van der Waals surface area (Å²) < 4.78 is 10.5. The number of carboxylic acid groups (broad SMARTS) is 1. The second-order valence-electron chi connectivity index (χ2n) is 4.66. The van der Waals surface area contributed by atoms with Crippen LogP contribution < -0.4 is 0 Å². The summed E-state index contributed by atoms with van der Waals surface area (Å²) in [5.74, 6) is -1.01. The van der Waals surface area contributed by atoms with E-state index < -0.39 is 17.5 Å². The molecule has 1 rings (SSSR count). The molecule has 18 heavy (non-hydrogen) atoms. The van der Waals surface area contributed by atoms with E-state index in [1.165, 1.54) is 0 Å². The largest absolute Gasteiger partial charge is 0.481 e. The summed E-state index contributed by atoms with van der Waals surface area (Å²) in [5, 5.41) is 12.8. The van der Waals surface area contributed by atoms with Gasteiger partial charge in [0.05, 0.1) is 5.92 Å². The van der Waals surface area contributed by atoms with Crippen LogP contribution in [0.5, 0.6) is 0 Å². The number of aliphatic carboxylic acids is 1. The van der Waals surface area contributed by atoms with E-state index in [-0.39, 0.29) is 5.92 Å². The van der Waals surface area contributed by atoms with Crippen LogP contribution in [0.3, 0.4) is 0 Å². The molecule has 0 saturated heterocycles. The second-order valence-corrected chi connectivity index (χ2v) is 4.66. The zero-order valence-electron chi connectivity index (χ0n) is 11.4. The van der Waals surface area contributed by atoms with Crippen LogP contribution >= 0.6 is 0 Å². The van der Waals surface area contributed by atoms with Gasteiger partial charge in [0, 0.05) is 13.0 Å². The first kappa shape index (κ1) is 14.6. The van der Waals surface area contributed by atoms with Gasteiger partial charge in [-0.25, -0.2) is 0 Å². The molecule has 0 aliphatic rings. The minimum absolute atomic E-state index is 0.330. The maximum atomic E-state index is 10.9. The quantitative estimate of drug-likeness (QED) is 0.839. The summed E-state index contributed by atoms with van der Waals surface area (Å²) in [7, 11) is 1.59. The number of hydrogen-bond acceptors (Lipinski definition) is 5. The predicted octanol–water partition coefficient (Wildman–Crippen LogP) is 2.17. The highest BCUT2D eigenvalue weighted by Gasteiger charge is 2.32. The molecule has 3 unspecified atom stereocenters. The van der Waals surface area contributed by atoms with Crippen molar-refractivity contribution in [2.45, 2.75) is 45.6 Å². The van der Waals surface area contributed by atoms with E-state index in [4.69, 9.17) is 14.4 Å². The van der Waals surface area contributed by atoms with Crippen LogP contribution in [0.1, 0.15) is 51.7 Å². The van der Waals surface area contributed by atoms with E-state index in [9.17, 15) is 4.79 Å². The summed E-state index contributed by atoms with van der Waals surface area (Å²) in [6.45, 7) is 7.20. The van der Waals surface area contributed by atoms with Crippen LogP contribution in [-0.4, -0.2) is 28.3 Å². The Morgan fingerprint density at radius 2 is 2.17 bits per heavy atom. The topological polar surface area (TPSA) is 85.5 Å². The van der Waals surface area contributed by atoms with Crippen molar-refractivity contribution in [2.24, 2.45) is 5.92 Å². The molecule has 1 N–H and O–H groups in total. The van der Waals surface area contributed by atoms with Gasteiger partial charge in [-0.15, -0.1) is 0 Å². The lowest BCUT2D eigenvalue weighted by Gasteiger charge is -2.21. The third-order valence-electron chi connectivity index (χ3n) is 3.57. The predicted molar refractivity (Wildman–Crippen MR) is 64.2 cm³/mol. The fraction of sp³-hybridized carbons (Fsp3) is 0.750. The number of methoxy groups -OCH3 is 1. The normalized spacial score (nSPS) is 18.1. The monoisotopic (exact) mass is 256 g/mol. The van der Waals surface area contributed by atoms with Crippen molar-refractivity contribution >= 4 is 5.97 Å². The van der Waals surface area contributed by atoms with Crippen molar-refractivity contribution < 1.29 is 19.2 Å². The molecule has 0 saturated carbocycles. The lowest BCUT2D eigenvalue weighted by atomic mass is 9.96. The highest BCUT2D eigenvalue weighted by molar-refractivity contribution is 5.70. The zero-order chi connectivity index (χ0) is 13.9. The van der Waals surface area contributed by atoms with Gasteiger partial charge in [-0.1, -0.05) is 25.9 Å². The number of carbonyl (C=O) groups is 1. The van der Waals surface area contributed by atoms with Crippen LogP contribution in [0.25, 0.3) is 0 Å². The standard InChI is InChI=1S/C12H20N2O4/c1-6-12(4,17-5)11-13-9(18-14-11)7(2)8(3)10(15)16/h7-8H,6H2,1-5H3,(H,15,16). The maximum Gasteiger partial charge on any atom is 0.307 e. The molecule has 0 spiro atoms. The number of rotatable bonds is 6. The molecule has 0 bridgehead atoms. The molecule has 0 fully saturated rings. The van der Waals surface area contributed by atoms with E-state index in [1.807, 2.05) is 13.8 Å². The zero-order valence-corrected chi connectivity index (χ0v) is 11.4. The van der Waals surface area contributed by atoms with E-state index in [1.54, 1.807) is 21.0 Å². The van der Waals surface area contributed by atoms with Crippen molar-refractivity contribution in [2.75, 3.05) is 7.11 Å². The van der Waals surface area contributed by atoms with Crippen molar-refractivity contribution in [1.29, 1.82) is 0 Å². The van der Waals surface area contributed by atoms with Crippen molar-refractivity contribution in [3.05, 3.63) is 11.7 Å². The van der Waals surface area contributed by atoms with Gasteiger partial charge >= 0.3 is 5.97 Å². The first-order valence-corrected chi connectivity index (χ1v) is 5.97. The average molecular weight is 256 g/mol. The highest BCUT2D eigenvalue weighted by atomic mass is 16.5. The van der Waals surface area contributed by atoms with E-state index >= 15 is 0 Å². The van der Waals surface area contributed by atoms with Crippen LogP contribution in [0.2, 0.25) is 0 Å². The smallest absolute Gasteiger partial charge is 0.307 e. The van der Waals surface area contributed by atoms with Crippen molar-refractivity contribution in [1.82, 2.24) is 10.1 Å². The first-order valence-electron chi connectivity index (χ1n) is 5.97. The molecule has 6 heteroatoms. The fourth-order valence-corrected chi connectivity index (χ4v) is 1.46. The highest BCUT2D eigenvalue weighted by Crippen LogP contribution is 2.29. The van der Waals surface area contributed by atoms with E-state index in [2.05, 4.69) is 10.1 Å². The number of ether oxygens (including phenoxy) is 1. The minimum atomic E-state index is -0.882. The first-order chi connectivity index (χ1) is 8.35. The van der Waals surface area contributed by atoms with Gasteiger partial charge < -0.3 is 14.4 Å². The number of aromatic nitrogens is 2. The molecular formula is C12H20N2O4. The Morgan fingerprint density at radius 1 is 1.56 bits per heavy atom. The summed E-state index contributed by atoms with van der Waals surface area (Å²) in [6.07, 6.45) is 0.700. The Balaban J connectivity index is 2.96. The molecule has 0 amide bonds. The molecular weight excluding hydrogens is 236 g/mol. The molecule has 1 aromatic rings. The summed E-state index contributed by atoms with van der Waals surface area (Å²) in [6, 6.07) is 0. The van der Waals surface area contributed by atoms with Gasteiger partial charge in [0.2, 0.25) is 11.7 Å². The van der Waals surface area contributed by atoms with E-state index in [0.717, 1.165) is 0 Å². The Kier molecular flexibility index (Phi) is 4.45. The van der Waals surface area contributed by atoms with Crippen molar-refractivity contribution in [3.8, 4) is 0 Å². The molecule has 0 radical (unpaired) electrons. The van der Waals surface area contributed by atoms with Gasteiger partial charge in [0.25, 0.3) is 0 Å².